The van der Waals surface area contributed by atoms with Crippen LogP contribution in [0.15, 0.2) is 22.7 Å². The zero-order chi connectivity index (χ0) is 14.7. The Morgan fingerprint density at radius 1 is 1.29 bits per heavy atom. The predicted octanol–water partition coefficient (Wildman–Crippen LogP) is 2.75. The van der Waals surface area contributed by atoms with Gasteiger partial charge in [-0.25, -0.2) is 4.39 Å². The van der Waals surface area contributed by atoms with Gasteiger partial charge in [0.05, 0.1) is 11.8 Å². The lowest BCUT2D eigenvalue weighted by Gasteiger charge is -2.28. The molecule has 0 spiro atoms. The highest BCUT2D eigenvalue weighted by Crippen LogP contribution is 2.21. The molecule has 5 heteroatoms. The summed E-state index contributed by atoms with van der Waals surface area (Å²) in [6, 6.07) is 4.44. The van der Waals surface area contributed by atoms with E-state index in [2.05, 4.69) is 10.1 Å². The lowest BCUT2D eigenvalue weighted by molar-refractivity contribution is 0.0947. The summed E-state index contributed by atoms with van der Waals surface area (Å²) in [5, 5.41) is 15.0. The van der Waals surface area contributed by atoms with Gasteiger partial charge in [0.15, 0.2) is 5.58 Å². The lowest BCUT2D eigenvalue weighted by atomic mass is 10.1. The topological polar surface area (TPSA) is 49.5 Å². The van der Waals surface area contributed by atoms with Crippen LogP contribution in [0.4, 0.5) is 4.39 Å². The number of rotatable bonds is 5. The second-order valence-electron chi connectivity index (χ2n) is 5.82. The van der Waals surface area contributed by atoms with Gasteiger partial charge in [-0.2, -0.15) is 0 Å². The van der Waals surface area contributed by atoms with Crippen LogP contribution in [0.25, 0.3) is 11.0 Å². The second-order valence-corrected chi connectivity index (χ2v) is 5.82. The fourth-order valence-corrected chi connectivity index (χ4v) is 2.98. The summed E-state index contributed by atoms with van der Waals surface area (Å²) in [5.41, 5.74) is 1.26. The summed E-state index contributed by atoms with van der Waals surface area (Å²) in [7, 11) is 0. The Labute approximate surface area is 123 Å². The Bertz CT molecular complexity index is 593. The molecule has 1 aliphatic rings. The van der Waals surface area contributed by atoms with Crippen molar-refractivity contribution in [2.45, 2.75) is 38.2 Å². The quantitative estimate of drug-likeness (QED) is 0.920. The first kappa shape index (κ1) is 14.5. The molecule has 0 saturated carbocycles. The Kier molecular flexibility index (Phi) is 4.51. The number of nitrogens with zero attached hydrogens (tertiary/aromatic N) is 2. The van der Waals surface area contributed by atoms with E-state index >= 15 is 0 Å². The Hall–Kier alpha value is -1.46. The number of aromatic nitrogens is 1. The van der Waals surface area contributed by atoms with E-state index in [1.54, 1.807) is 6.07 Å². The summed E-state index contributed by atoms with van der Waals surface area (Å²) in [5.74, 6) is -0.324. The van der Waals surface area contributed by atoms with Crippen LogP contribution in [0.1, 0.15) is 31.4 Å². The van der Waals surface area contributed by atoms with Gasteiger partial charge in [0, 0.05) is 18.0 Å². The minimum absolute atomic E-state index is 0.324. The summed E-state index contributed by atoms with van der Waals surface area (Å²) < 4.78 is 18.2. The van der Waals surface area contributed by atoms with Crippen molar-refractivity contribution in [1.29, 1.82) is 0 Å². The van der Waals surface area contributed by atoms with Crippen LogP contribution >= 0.6 is 0 Å². The van der Waals surface area contributed by atoms with Crippen molar-refractivity contribution in [2.24, 2.45) is 0 Å². The number of aryl methyl sites for hydroxylation is 1. The number of aliphatic hydroxyl groups is 1. The SMILES string of the molecule is OC(CCc1noc2cc(F)ccc12)CN1CCCCC1. The van der Waals surface area contributed by atoms with Crippen molar-refractivity contribution in [3.05, 3.63) is 29.7 Å². The maximum atomic E-state index is 13.1. The van der Waals surface area contributed by atoms with Gasteiger partial charge in [0.25, 0.3) is 0 Å². The minimum Gasteiger partial charge on any atom is -0.392 e. The monoisotopic (exact) mass is 292 g/mol. The fourth-order valence-electron chi connectivity index (χ4n) is 2.98. The zero-order valence-electron chi connectivity index (χ0n) is 12.1. The number of likely N-dealkylation sites (tertiary alicyclic amines) is 1. The molecule has 0 radical (unpaired) electrons. The van der Waals surface area contributed by atoms with E-state index in [1.165, 1.54) is 31.4 Å². The standard InChI is InChI=1S/C16H21FN2O2/c17-12-4-6-14-15(18-21-16(14)10-12)7-5-13(20)11-19-8-2-1-3-9-19/h4,6,10,13,20H,1-3,5,7-9,11H2. The average Bonchev–Trinajstić information content (AvgIpc) is 2.88. The minimum atomic E-state index is -0.352. The van der Waals surface area contributed by atoms with Gasteiger partial charge < -0.3 is 14.5 Å². The summed E-state index contributed by atoms with van der Waals surface area (Å²) in [6.07, 6.45) is 4.70. The fraction of sp³-hybridized carbons (Fsp3) is 0.562. The number of piperidine rings is 1. The zero-order valence-corrected chi connectivity index (χ0v) is 12.1. The number of fused-ring (bicyclic) bond motifs is 1. The largest absolute Gasteiger partial charge is 0.392 e. The molecule has 1 saturated heterocycles. The molecule has 1 aliphatic heterocycles. The van der Waals surface area contributed by atoms with Crippen molar-refractivity contribution in [1.82, 2.24) is 10.1 Å². The van der Waals surface area contributed by atoms with Crippen LogP contribution in [0.2, 0.25) is 0 Å². The number of halogens is 1. The molecule has 4 nitrogen and oxygen atoms in total. The van der Waals surface area contributed by atoms with Crippen LogP contribution in [-0.4, -0.2) is 40.9 Å². The highest BCUT2D eigenvalue weighted by molar-refractivity contribution is 5.79. The van der Waals surface area contributed by atoms with Crippen LogP contribution < -0.4 is 0 Å². The van der Waals surface area contributed by atoms with E-state index in [9.17, 15) is 9.50 Å². The molecule has 1 N–H and O–H groups in total. The van der Waals surface area contributed by atoms with Gasteiger partial charge in [-0.3, -0.25) is 0 Å². The summed E-state index contributed by atoms with van der Waals surface area (Å²) in [6.45, 7) is 2.90. The lowest BCUT2D eigenvalue weighted by Crippen LogP contribution is -2.36. The Morgan fingerprint density at radius 3 is 2.90 bits per heavy atom. The number of aliphatic hydroxyl groups excluding tert-OH is 1. The second kappa shape index (κ2) is 6.54. The van der Waals surface area contributed by atoms with E-state index in [1.807, 2.05) is 0 Å². The molecule has 0 amide bonds. The summed E-state index contributed by atoms with van der Waals surface area (Å²) >= 11 is 0. The molecule has 1 fully saturated rings. The van der Waals surface area contributed by atoms with Crippen LogP contribution in [-0.2, 0) is 6.42 Å². The van der Waals surface area contributed by atoms with Gasteiger partial charge in [0.2, 0.25) is 0 Å². The molecule has 0 bridgehead atoms. The predicted molar refractivity (Wildman–Crippen MR) is 78.6 cm³/mol. The van der Waals surface area contributed by atoms with Gasteiger partial charge in [-0.05, 0) is 50.9 Å². The third kappa shape index (κ3) is 3.60. The van der Waals surface area contributed by atoms with Crippen molar-refractivity contribution >= 4 is 11.0 Å². The van der Waals surface area contributed by atoms with Gasteiger partial charge in [-0.15, -0.1) is 0 Å². The summed E-state index contributed by atoms with van der Waals surface area (Å²) in [4.78, 5) is 2.32. The van der Waals surface area contributed by atoms with E-state index < -0.39 is 0 Å². The molecule has 0 aliphatic carbocycles. The maximum absolute atomic E-state index is 13.1. The third-order valence-electron chi connectivity index (χ3n) is 4.14. The van der Waals surface area contributed by atoms with Crippen LogP contribution in [0.5, 0.6) is 0 Å². The van der Waals surface area contributed by atoms with Crippen molar-refractivity contribution < 1.29 is 14.0 Å². The molecule has 114 valence electrons. The van der Waals surface area contributed by atoms with E-state index in [-0.39, 0.29) is 11.9 Å². The molecular formula is C16H21FN2O2. The smallest absolute Gasteiger partial charge is 0.170 e. The molecule has 2 aromatic rings. The Balaban J connectivity index is 1.55. The maximum Gasteiger partial charge on any atom is 0.170 e. The third-order valence-corrected chi connectivity index (χ3v) is 4.14. The average molecular weight is 292 g/mol. The van der Waals surface area contributed by atoms with E-state index in [4.69, 9.17) is 4.52 Å². The first-order valence-corrected chi connectivity index (χ1v) is 7.66. The molecule has 1 aromatic heterocycles. The molecule has 3 rings (SSSR count). The van der Waals surface area contributed by atoms with Gasteiger partial charge in [-0.1, -0.05) is 11.6 Å². The first-order chi connectivity index (χ1) is 10.2. The van der Waals surface area contributed by atoms with Gasteiger partial charge in [0.1, 0.15) is 5.82 Å². The highest BCUT2D eigenvalue weighted by Gasteiger charge is 2.16. The van der Waals surface area contributed by atoms with Crippen molar-refractivity contribution in [3.63, 3.8) is 0 Å². The van der Waals surface area contributed by atoms with Crippen molar-refractivity contribution in [2.75, 3.05) is 19.6 Å². The van der Waals surface area contributed by atoms with Crippen molar-refractivity contribution in [3.8, 4) is 0 Å². The molecular weight excluding hydrogens is 271 g/mol. The van der Waals surface area contributed by atoms with Gasteiger partial charge >= 0.3 is 0 Å². The number of hydrogen-bond acceptors (Lipinski definition) is 4. The number of benzene rings is 1. The van der Waals surface area contributed by atoms with E-state index in [0.29, 0.717) is 18.4 Å². The molecule has 1 atom stereocenters. The number of β-amino-alcohol motifs (C(OH)–C–C–N with tert-alkyl or cyclic N) is 1. The van der Waals surface area contributed by atoms with Crippen LogP contribution in [0.3, 0.4) is 0 Å². The van der Waals surface area contributed by atoms with E-state index in [0.717, 1.165) is 30.7 Å². The molecule has 1 aromatic carbocycles. The highest BCUT2D eigenvalue weighted by atomic mass is 19.1. The molecule has 2 heterocycles. The first-order valence-electron chi connectivity index (χ1n) is 7.66. The molecule has 21 heavy (non-hydrogen) atoms. The normalized spacial score (nSPS) is 18.2. The number of hydrogen-bond donors (Lipinski definition) is 1. The molecule has 1 unspecified atom stereocenters. The Morgan fingerprint density at radius 2 is 2.10 bits per heavy atom. The van der Waals surface area contributed by atoms with Crippen LogP contribution in [0, 0.1) is 5.82 Å².